The Bertz CT molecular complexity index is 625. The van der Waals surface area contributed by atoms with Gasteiger partial charge in [-0.05, 0) is 18.6 Å². The van der Waals surface area contributed by atoms with E-state index in [0.717, 1.165) is 4.31 Å². The van der Waals surface area contributed by atoms with Crippen molar-refractivity contribution in [2.24, 2.45) is 0 Å². The molecule has 0 fully saturated rings. The maximum absolute atomic E-state index is 12.4. The topological polar surface area (TPSA) is 101 Å². The molecule has 0 heterocycles. The Morgan fingerprint density at radius 1 is 1.29 bits per heavy atom. The summed E-state index contributed by atoms with van der Waals surface area (Å²) < 4.78 is 30.4. The standard InChI is InChI=1S/C13H17NO6S/c1-14(9-5-8-12(15)16)21(18,19)11-7-4-3-6-10(11)13(17)20-2/h3-4,6-7H,5,8-9H2,1-2H3,(H,15,16). The first-order valence-corrected chi connectivity index (χ1v) is 7.60. The molecule has 0 radical (unpaired) electrons. The summed E-state index contributed by atoms with van der Waals surface area (Å²) in [6.45, 7) is 0.0458. The number of rotatable bonds is 7. The lowest BCUT2D eigenvalue weighted by Gasteiger charge is -2.18. The Morgan fingerprint density at radius 2 is 1.90 bits per heavy atom. The highest BCUT2D eigenvalue weighted by Gasteiger charge is 2.26. The van der Waals surface area contributed by atoms with E-state index in [-0.39, 0.29) is 29.8 Å². The monoisotopic (exact) mass is 315 g/mol. The number of aliphatic carboxylic acids is 1. The summed E-state index contributed by atoms with van der Waals surface area (Å²) >= 11 is 0. The molecule has 0 bridgehead atoms. The fourth-order valence-electron chi connectivity index (χ4n) is 1.71. The van der Waals surface area contributed by atoms with Crippen LogP contribution in [0.25, 0.3) is 0 Å². The molecule has 1 rings (SSSR count). The summed E-state index contributed by atoms with van der Waals surface area (Å²) in [6.07, 6.45) is 0.0595. The molecule has 1 aromatic rings. The molecule has 21 heavy (non-hydrogen) atoms. The molecule has 0 aliphatic heterocycles. The summed E-state index contributed by atoms with van der Waals surface area (Å²) in [5, 5.41) is 8.57. The molecule has 8 heteroatoms. The number of nitrogens with zero attached hydrogens (tertiary/aromatic N) is 1. The second-order valence-corrected chi connectivity index (χ2v) is 6.32. The molecule has 0 aliphatic carbocycles. The SMILES string of the molecule is COC(=O)c1ccccc1S(=O)(=O)N(C)CCCC(=O)O. The second-order valence-electron chi connectivity index (χ2n) is 4.31. The van der Waals surface area contributed by atoms with Gasteiger partial charge in [-0.15, -0.1) is 0 Å². The average Bonchev–Trinajstić information content (AvgIpc) is 2.45. The van der Waals surface area contributed by atoms with Gasteiger partial charge in [0.1, 0.15) is 0 Å². The minimum atomic E-state index is -3.88. The number of carboxylic acids is 1. The zero-order chi connectivity index (χ0) is 16.0. The number of ether oxygens (including phenoxy) is 1. The molecule has 1 N–H and O–H groups in total. The van der Waals surface area contributed by atoms with Crippen molar-refractivity contribution in [2.45, 2.75) is 17.7 Å². The van der Waals surface area contributed by atoms with Gasteiger partial charge in [0.2, 0.25) is 10.0 Å². The second kappa shape index (κ2) is 7.19. The van der Waals surface area contributed by atoms with Crippen LogP contribution in [0, 0.1) is 0 Å². The minimum Gasteiger partial charge on any atom is -0.481 e. The summed E-state index contributed by atoms with van der Waals surface area (Å²) in [7, 11) is -1.38. The van der Waals surface area contributed by atoms with Crippen LogP contribution < -0.4 is 0 Å². The van der Waals surface area contributed by atoms with Crippen LogP contribution in [0.3, 0.4) is 0 Å². The molecule has 0 aliphatic rings. The molecule has 116 valence electrons. The van der Waals surface area contributed by atoms with Gasteiger partial charge < -0.3 is 9.84 Å². The first kappa shape index (κ1) is 17.1. The van der Waals surface area contributed by atoms with E-state index in [2.05, 4.69) is 4.74 Å². The molecule has 0 saturated carbocycles. The number of sulfonamides is 1. The van der Waals surface area contributed by atoms with Gasteiger partial charge in [-0.2, -0.15) is 0 Å². The van der Waals surface area contributed by atoms with E-state index in [1.807, 2.05) is 0 Å². The maximum Gasteiger partial charge on any atom is 0.339 e. The minimum absolute atomic E-state index is 0.0458. The van der Waals surface area contributed by atoms with Gasteiger partial charge in [-0.3, -0.25) is 4.79 Å². The van der Waals surface area contributed by atoms with Crippen molar-refractivity contribution in [1.82, 2.24) is 4.31 Å². The van der Waals surface area contributed by atoms with Crippen LogP contribution in [0.1, 0.15) is 23.2 Å². The predicted molar refractivity (Wildman–Crippen MR) is 74.5 cm³/mol. The lowest BCUT2D eigenvalue weighted by Crippen LogP contribution is -2.29. The molecule has 0 atom stereocenters. The van der Waals surface area contributed by atoms with Crippen LogP contribution in [0.15, 0.2) is 29.2 Å². The van der Waals surface area contributed by atoms with Crippen LogP contribution in [0.2, 0.25) is 0 Å². The highest BCUT2D eigenvalue weighted by atomic mass is 32.2. The Kier molecular flexibility index (Phi) is 5.86. The Labute approximate surface area is 123 Å². The molecule has 0 unspecified atom stereocenters. The van der Waals surface area contributed by atoms with Gasteiger partial charge in [0.05, 0.1) is 17.6 Å². The average molecular weight is 315 g/mol. The highest BCUT2D eigenvalue weighted by Crippen LogP contribution is 2.20. The van der Waals surface area contributed by atoms with Crippen LogP contribution >= 0.6 is 0 Å². The number of esters is 1. The van der Waals surface area contributed by atoms with Crippen molar-refractivity contribution in [1.29, 1.82) is 0 Å². The number of carbonyl (C=O) groups excluding carboxylic acids is 1. The normalized spacial score (nSPS) is 11.4. The van der Waals surface area contributed by atoms with Gasteiger partial charge in [-0.25, -0.2) is 17.5 Å². The third-order valence-corrected chi connectivity index (χ3v) is 4.76. The van der Waals surface area contributed by atoms with E-state index >= 15 is 0 Å². The maximum atomic E-state index is 12.4. The quantitative estimate of drug-likeness (QED) is 0.752. The van der Waals surface area contributed by atoms with Crippen molar-refractivity contribution in [2.75, 3.05) is 20.7 Å². The fraction of sp³-hybridized carbons (Fsp3) is 0.385. The number of carboxylic acid groups (broad SMARTS) is 1. The van der Waals surface area contributed by atoms with Crippen molar-refractivity contribution in [3.63, 3.8) is 0 Å². The van der Waals surface area contributed by atoms with Crippen LogP contribution in [0.5, 0.6) is 0 Å². The van der Waals surface area contributed by atoms with E-state index in [0.29, 0.717) is 0 Å². The molecule has 0 aromatic heterocycles. The Morgan fingerprint density at radius 3 is 2.48 bits per heavy atom. The first-order chi connectivity index (χ1) is 9.80. The summed E-state index contributed by atoms with van der Waals surface area (Å²) in [6, 6.07) is 5.72. The van der Waals surface area contributed by atoms with Crippen LogP contribution in [-0.4, -0.2) is 50.5 Å². The zero-order valence-corrected chi connectivity index (χ0v) is 12.6. The first-order valence-electron chi connectivity index (χ1n) is 6.16. The molecule has 0 saturated heterocycles. The van der Waals surface area contributed by atoms with Crippen LogP contribution in [0.4, 0.5) is 0 Å². The smallest absolute Gasteiger partial charge is 0.339 e. The van der Waals surface area contributed by atoms with Crippen molar-refractivity contribution in [3.8, 4) is 0 Å². The number of hydrogen-bond donors (Lipinski definition) is 1. The fourth-order valence-corrected chi connectivity index (χ4v) is 3.10. The predicted octanol–water partition coefficient (Wildman–Crippen LogP) is 0.958. The molecular formula is C13H17NO6S. The summed E-state index contributed by atoms with van der Waals surface area (Å²) in [5.41, 5.74) is -0.0508. The number of benzene rings is 1. The lowest BCUT2D eigenvalue weighted by molar-refractivity contribution is -0.137. The van der Waals surface area contributed by atoms with E-state index in [4.69, 9.17) is 5.11 Å². The third kappa shape index (κ3) is 4.27. The van der Waals surface area contributed by atoms with Gasteiger partial charge >= 0.3 is 11.9 Å². The zero-order valence-electron chi connectivity index (χ0n) is 11.8. The molecule has 0 amide bonds. The van der Waals surface area contributed by atoms with Crippen molar-refractivity contribution >= 4 is 22.0 Å². The van der Waals surface area contributed by atoms with E-state index < -0.39 is 22.0 Å². The van der Waals surface area contributed by atoms with E-state index in [1.54, 1.807) is 0 Å². The number of hydrogen-bond acceptors (Lipinski definition) is 5. The van der Waals surface area contributed by atoms with Crippen molar-refractivity contribution < 1.29 is 27.9 Å². The summed E-state index contributed by atoms with van der Waals surface area (Å²) in [5.74, 6) is -1.73. The molecule has 1 aromatic carbocycles. The number of carbonyl (C=O) groups is 2. The number of methoxy groups -OCH3 is 1. The lowest BCUT2D eigenvalue weighted by atomic mass is 10.2. The van der Waals surface area contributed by atoms with Crippen LogP contribution in [-0.2, 0) is 19.6 Å². The van der Waals surface area contributed by atoms with E-state index in [9.17, 15) is 18.0 Å². The molecule has 7 nitrogen and oxygen atoms in total. The van der Waals surface area contributed by atoms with E-state index in [1.165, 1.54) is 38.4 Å². The third-order valence-electron chi connectivity index (χ3n) is 2.84. The highest BCUT2D eigenvalue weighted by molar-refractivity contribution is 7.89. The van der Waals surface area contributed by atoms with Gasteiger partial charge in [-0.1, -0.05) is 12.1 Å². The van der Waals surface area contributed by atoms with Gasteiger partial charge in [0.25, 0.3) is 0 Å². The molecule has 0 spiro atoms. The van der Waals surface area contributed by atoms with Gasteiger partial charge in [0, 0.05) is 20.0 Å². The Balaban J connectivity index is 3.02. The summed E-state index contributed by atoms with van der Waals surface area (Å²) in [4.78, 5) is 21.9. The van der Waals surface area contributed by atoms with Crippen molar-refractivity contribution in [3.05, 3.63) is 29.8 Å². The molecular weight excluding hydrogens is 298 g/mol. The largest absolute Gasteiger partial charge is 0.481 e. The van der Waals surface area contributed by atoms with Gasteiger partial charge in [0.15, 0.2) is 0 Å². The Hall–Kier alpha value is -1.93.